The minimum Gasteiger partial charge on any atom is -0.347 e. The van der Waals surface area contributed by atoms with Crippen molar-refractivity contribution in [1.29, 1.82) is 0 Å². The first-order chi connectivity index (χ1) is 9.35. The smallest absolute Gasteiger partial charge is 0.240 e. The second-order valence-corrected chi connectivity index (χ2v) is 6.10. The lowest BCUT2D eigenvalue weighted by atomic mass is 9.83. The van der Waals surface area contributed by atoms with Crippen LogP contribution < -0.4 is 15.8 Å². The normalized spacial score (nSPS) is 18.8. The number of thiol groups is 1. The first-order valence-corrected chi connectivity index (χ1v) is 6.88. The molecule has 3 rings (SSSR count). The van der Waals surface area contributed by atoms with Crippen molar-refractivity contribution in [2.75, 3.05) is 11.9 Å². The molecule has 102 valence electrons. The Bertz CT molecular complexity index is 810. The van der Waals surface area contributed by atoms with Gasteiger partial charge in [-0.1, -0.05) is 32.0 Å². The molecule has 2 aromatic carbocycles. The molecule has 0 saturated heterocycles. The van der Waals surface area contributed by atoms with Crippen molar-refractivity contribution >= 4 is 24.4 Å². The molecule has 0 saturated carbocycles. The molecule has 20 heavy (non-hydrogen) atoms. The molecule has 0 bridgehead atoms. The molecule has 0 amide bonds. The van der Waals surface area contributed by atoms with E-state index in [1.807, 2.05) is 19.2 Å². The number of anilines is 1. The van der Waals surface area contributed by atoms with E-state index in [1.54, 1.807) is 6.08 Å². The number of hydrogen-bond acceptors (Lipinski definition) is 4. The number of likely N-dealkylation sites (N-methyl/N-ethyl adjacent to an activating group) is 1. The van der Waals surface area contributed by atoms with Crippen molar-refractivity contribution in [2.45, 2.75) is 24.2 Å². The van der Waals surface area contributed by atoms with Crippen molar-refractivity contribution in [1.82, 2.24) is 0 Å². The van der Waals surface area contributed by atoms with Gasteiger partial charge in [-0.25, -0.2) is 0 Å². The maximum atomic E-state index is 11.6. The van der Waals surface area contributed by atoms with E-state index in [4.69, 9.17) is 0 Å². The average Bonchev–Trinajstić information content (AvgIpc) is 2.64. The zero-order valence-corrected chi connectivity index (χ0v) is 12.5. The van der Waals surface area contributed by atoms with Gasteiger partial charge in [-0.3, -0.25) is 9.59 Å². The zero-order valence-electron chi connectivity index (χ0n) is 11.6. The third-order valence-electron chi connectivity index (χ3n) is 4.14. The van der Waals surface area contributed by atoms with Gasteiger partial charge in [0.05, 0.1) is 4.90 Å². The minimum absolute atomic E-state index is 0.203. The van der Waals surface area contributed by atoms with E-state index in [9.17, 15) is 9.59 Å². The van der Waals surface area contributed by atoms with E-state index in [0.29, 0.717) is 5.56 Å². The lowest BCUT2D eigenvalue weighted by Crippen LogP contribution is -2.35. The highest BCUT2D eigenvalue weighted by atomic mass is 32.1. The van der Waals surface area contributed by atoms with Crippen LogP contribution in [-0.4, -0.2) is 7.05 Å². The van der Waals surface area contributed by atoms with Crippen LogP contribution in [0.5, 0.6) is 0 Å². The molecule has 0 fully saturated rings. The Morgan fingerprint density at radius 3 is 2.40 bits per heavy atom. The van der Waals surface area contributed by atoms with Crippen molar-refractivity contribution < 1.29 is 0 Å². The van der Waals surface area contributed by atoms with Crippen LogP contribution >= 0.6 is 12.6 Å². The van der Waals surface area contributed by atoms with Gasteiger partial charge in [0.25, 0.3) is 0 Å². The summed E-state index contributed by atoms with van der Waals surface area (Å²) >= 11 is 4.10. The van der Waals surface area contributed by atoms with Crippen LogP contribution in [-0.2, 0) is 5.41 Å². The van der Waals surface area contributed by atoms with Crippen LogP contribution in [0.15, 0.2) is 44.4 Å². The van der Waals surface area contributed by atoms with E-state index < -0.39 is 10.9 Å². The Kier molecular flexibility index (Phi) is 2.70. The van der Waals surface area contributed by atoms with Gasteiger partial charge in [0.2, 0.25) is 10.9 Å². The third-order valence-corrected chi connectivity index (χ3v) is 4.59. The Hall–Kier alpha value is -1.81. The topological polar surface area (TPSA) is 37.4 Å². The molecule has 0 spiro atoms. The van der Waals surface area contributed by atoms with Crippen molar-refractivity contribution in [3.05, 3.63) is 61.5 Å². The van der Waals surface area contributed by atoms with Crippen molar-refractivity contribution in [3.8, 4) is 0 Å². The van der Waals surface area contributed by atoms with Gasteiger partial charge in [-0.15, -0.1) is 12.6 Å². The molecule has 0 aromatic heterocycles. The molecular weight excluding hydrogens is 270 g/mol. The van der Waals surface area contributed by atoms with Crippen LogP contribution in [0.25, 0.3) is 6.08 Å². The van der Waals surface area contributed by atoms with Crippen LogP contribution in [0.4, 0.5) is 5.69 Å². The van der Waals surface area contributed by atoms with E-state index in [1.165, 1.54) is 5.56 Å². The second kappa shape index (κ2) is 4.09. The van der Waals surface area contributed by atoms with Crippen LogP contribution in [0.1, 0.15) is 25.0 Å². The minimum atomic E-state index is -0.490. The molecule has 0 unspecified atom stereocenters. The summed E-state index contributed by atoms with van der Waals surface area (Å²) in [6, 6.07) is 8.16. The third kappa shape index (κ3) is 1.54. The number of hydrogen-bond donors (Lipinski definition) is 1. The fourth-order valence-electron chi connectivity index (χ4n) is 2.93. The van der Waals surface area contributed by atoms with Gasteiger partial charge in [-0.05, 0) is 17.7 Å². The predicted octanol–water partition coefficient (Wildman–Crippen LogP) is 2.34. The number of para-hydroxylation sites is 1. The Morgan fingerprint density at radius 1 is 1.15 bits per heavy atom. The monoisotopic (exact) mass is 285 g/mol. The Balaban J connectivity index is 2.18. The summed E-state index contributed by atoms with van der Waals surface area (Å²) in [5.74, 6) is 0. The summed E-state index contributed by atoms with van der Waals surface area (Å²) in [5.41, 5.74) is 2.63. The largest absolute Gasteiger partial charge is 0.347 e. The van der Waals surface area contributed by atoms with Gasteiger partial charge in [0, 0.05) is 29.4 Å². The summed E-state index contributed by atoms with van der Waals surface area (Å²) in [4.78, 5) is 25.2. The summed E-state index contributed by atoms with van der Waals surface area (Å²) in [7, 11) is 1.98. The molecular formula is C16H15NO2S. The lowest BCUT2D eigenvalue weighted by Gasteiger charge is -2.24. The average molecular weight is 285 g/mol. The first kappa shape index (κ1) is 13.2. The van der Waals surface area contributed by atoms with Crippen molar-refractivity contribution in [3.63, 3.8) is 0 Å². The molecule has 2 aromatic rings. The molecule has 0 atom stereocenters. The van der Waals surface area contributed by atoms with Gasteiger partial charge in [0.15, 0.2) is 0 Å². The molecule has 0 radical (unpaired) electrons. The fraction of sp³-hybridized carbons (Fsp3) is 0.250. The second-order valence-electron chi connectivity index (χ2n) is 5.65. The number of rotatable bonds is 1. The summed E-state index contributed by atoms with van der Waals surface area (Å²) in [5, 5.41) is 0. The number of nitrogens with zero attached hydrogens (tertiary/aromatic N) is 1. The highest BCUT2D eigenvalue weighted by Gasteiger charge is 2.38. The van der Waals surface area contributed by atoms with Gasteiger partial charge in [0.1, 0.15) is 0 Å². The zero-order chi connectivity index (χ0) is 14.7. The quantitative estimate of drug-likeness (QED) is 0.645. The lowest BCUT2D eigenvalue weighted by molar-refractivity contribution is 0.644. The Morgan fingerprint density at radius 2 is 1.80 bits per heavy atom. The number of benzene rings is 1. The molecule has 1 heterocycles. The van der Waals surface area contributed by atoms with Gasteiger partial charge in [-0.2, -0.15) is 0 Å². The van der Waals surface area contributed by atoms with E-state index >= 15 is 0 Å². The van der Waals surface area contributed by atoms with Crippen molar-refractivity contribution in [2.24, 2.45) is 0 Å². The first-order valence-electron chi connectivity index (χ1n) is 6.43. The summed E-state index contributed by atoms with van der Waals surface area (Å²) in [6.07, 6.45) is 1.80. The molecule has 1 aliphatic rings. The SMILES string of the molecule is CN1C(=Cc2c(S)c(=O)c2=O)C(C)(C)c2ccccc21. The Labute approximate surface area is 122 Å². The van der Waals surface area contributed by atoms with E-state index in [2.05, 4.69) is 43.5 Å². The number of fused-ring (bicyclic) bond motifs is 1. The fourth-order valence-corrected chi connectivity index (χ4v) is 3.19. The highest BCUT2D eigenvalue weighted by Crippen LogP contribution is 2.47. The number of allylic oxidation sites excluding steroid dienone is 1. The summed E-state index contributed by atoms with van der Waals surface area (Å²) < 4.78 is 0. The molecule has 3 nitrogen and oxygen atoms in total. The molecule has 1 aliphatic heterocycles. The molecule has 4 heteroatoms. The maximum Gasteiger partial charge on any atom is 0.240 e. The van der Waals surface area contributed by atoms with E-state index in [0.717, 1.165) is 11.4 Å². The standard InChI is InChI=1S/C16H15NO2S/c1-16(2)10-6-4-5-7-11(10)17(3)12(16)8-9-13(18)14(19)15(9)20/h4-8,20H,1-3H3. The van der Waals surface area contributed by atoms with Gasteiger partial charge >= 0.3 is 0 Å². The van der Waals surface area contributed by atoms with Crippen LogP contribution in [0, 0.1) is 0 Å². The molecule has 0 N–H and O–H groups in total. The van der Waals surface area contributed by atoms with E-state index in [-0.39, 0.29) is 10.3 Å². The highest BCUT2D eigenvalue weighted by molar-refractivity contribution is 7.80. The van der Waals surface area contributed by atoms with Crippen LogP contribution in [0.2, 0.25) is 0 Å². The van der Waals surface area contributed by atoms with Gasteiger partial charge < -0.3 is 4.90 Å². The molecule has 0 aliphatic carbocycles. The maximum absolute atomic E-state index is 11.6. The van der Waals surface area contributed by atoms with Crippen LogP contribution in [0.3, 0.4) is 0 Å². The summed E-state index contributed by atoms with van der Waals surface area (Å²) in [6.45, 7) is 4.23. The predicted molar refractivity (Wildman–Crippen MR) is 84.5 cm³/mol.